The molecule has 34 heavy (non-hydrogen) atoms. The summed E-state index contributed by atoms with van der Waals surface area (Å²) >= 11 is 0. The highest BCUT2D eigenvalue weighted by atomic mass is 16.5. The van der Waals surface area contributed by atoms with Gasteiger partial charge in [0.1, 0.15) is 17.0 Å². The summed E-state index contributed by atoms with van der Waals surface area (Å²) < 4.78 is 9.43. The van der Waals surface area contributed by atoms with Crippen LogP contribution in [0.3, 0.4) is 0 Å². The lowest BCUT2D eigenvalue weighted by Gasteiger charge is -2.24. The van der Waals surface area contributed by atoms with Crippen molar-refractivity contribution in [1.82, 2.24) is 29.5 Å². The van der Waals surface area contributed by atoms with E-state index in [9.17, 15) is 4.79 Å². The second-order valence-electron chi connectivity index (χ2n) is 8.32. The molecule has 0 saturated carbocycles. The summed E-state index contributed by atoms with van der Waals surface area (Å²) in [6, 6.07) is 6.29. The molecule has 4 aromatic rings. The average molecular weight is 464 g/mol. The lowest BCUT2D eigenvalue weighted by atomic mass is 10.1. The predicted octanol–water partition coefficient (Wildman–Crippen LogP) is 4.31. The first-order chi connectivity index (χ1) is 16.6. The van der Waals surface area contributed by atoms with Gasteiger partial charge in [-0.15, -0.1) is 0 Å². The molecule has 1 aliphatic heterocycles. The molecule has 0 atom stereocenters. The summed E-state index contributed by atoms with van der Waals surface area (Å²) in [6.45, 7) is 5.87. The zero-order valence-corrected chi connectivity index (χ0v) is 20.3. The topological polar surface area (TPSA) is 98.4 Å². The number of fused-ring (bicyclic) bond motifs is 2. The highest BCUT2D eigenvalue weighted by molar-refractivity contribution is 6.00. The Morgan fingerprint density at radius 1 is 1.18 bits per heavy atom. The van der Waals surface area contributed by atoms with Crippen LogP contribution >= 0.6 is 0 Å². The van der Waals surface area contributed by atoms with Crippen molar-refractivity contribution in [2.24, 2.45) is 0 Å². The molecule has 5 heterocycles. The molecule has 1 amide bonds. The number of ether oxygens (including phenoxy) is 1. The van der Waals surface area contributed by atoms with Gasteiger partial charge in [-0.2, -0.15) is 9.61 Å². The molecular formula is C25H33N7O2. The molecule has 0 aliphatic carbocycles. The van der Waals surface area contributed by atoms with E-state index in [4.69, 9.17) is 9.72 Å². The van der Waals surface area contributed by atoms with E-state index >= 15 is 0 Å². The molecule has 9 heteroatoms. The van der Waals surface area contributed by atoms with Gasteiger partial charge < -0.3 is 19.9 Å². The van der Waals surface area contributed by atoms with Crippen molar-refractivity contribution in [3.05, 3.63) is 42.4 Å². The molecular weight excluding hydrogens is 430 g/mol. The second kappa shape index (κ2) is 10.6. The first-order valence-corrected chi connectivity index (χ1v) is 11.9. The molecule has 0 aromatic carbocycles. The summed E-state index contributed by atoms with van der Waals surface area (Å²) in [5.74, 6) is 0.531. The first-order valence-electron chi connectivity index (χ1n) is 11.9. The summed E-state index contributed by atoms with van der Waals surface area (Å²) in [5.41, 5.74) is 3.62. The van der Waals surface area contributed by atoms with Crippen LogP contribution in [-0.2, 0) is 4.74 Å². The Bertz CT molecular complexity index is 1270. The number of carbonyl (C=O) groups is 1. The smallest absolute Gasteiger partial charge is 0.256 e. The van der Waals surface area contributed by atoms with Gasteiger partial charge in [-0.3, -0.25) is 4.79 Å². The van der Waals surface area contributed by atoms with Gasteiger partial charge in [0.15, 0.2) is 5.65 Å². The highest BCUT2D eigenvalue weighted by Crippen LogP contribution is 2.34. The van der Waals surface area contributed by atoms with Gasteiger partial charge in [0.25, 0.3) is 5.91 Å². The Morgan fingerprint density at radius 2 is 1.94 bits per heavy atom. The Balaban J connectivity index is 0.000000636. The second-order valence-corrected chi connectivity index (χ2v) is 8.32. The molecule has 1 aliphatic rings. The number of amides is 1. The van der Waals surface area contributed by atoms with Crippen molar-refractivity contribution in [1.29, 1.82) is 0 Å². The number of nitrogens with one attached hydrogen (secondary N) is 2. The number of aromatic nitrogens is 5. The molecule has 2 N–H and O–H groups in total. The molecule has 9 nitrogen and oxygen atoms in total. The number of anilines is 1. The zero-order chi connectivity index (χ0) is 24.1. The van der Waals surface area contributed by atoms with Crippen LogP contribution in [-0.4, -0.2) is 57.4 Å². The minimum atomic E-state index is -0.219. The monoisotopic (exact) mass is 463 g/mol. The van der Waals surface area contributed by atoms with Crippen LogP contribution in [0.4, 0.5) is 5.82 Å². The van der Waals surface area contributed by atoms with Crippen LogP contribution in [0.15, 0.2) is 36.8 Å². The van der Waals surface area contributed by atoms with Crippen LogP contribution in [0.2, 0.25) is 0 Å². The van der Waals surface area contributed by atoms with Crippen LogP contribution in [0.1, 0.15) is 55.9 Å². The third-order valence-corrected chi connectivity index (χ3v) is 6.15. The molecule has 0 bridgehead atoms. The van der Waals surface area contributed by atoms with E-state index in [1.165, 1.54) is 12.8 Å². The normalized spacial score (nSPS) is 14.1. The predicted molar refractivity (Wildman–Crippen MR) is 134 cm³/mol. The fourth-order valence-corrected chi connectivity index (χ4v) is 4.10. The molecule has 4 aromatic heterocycles. The van der Waals surface area contributed by atoms with Crippen LogP contribution in [0, 0.1) is 0 Å². The van der Waals surface area contributed by atoms with Gasteiger partial charge in [0.2, 0.25) is 0 Å². The fraction of sp³-hybridized carbons (Fsp3) is 0.440. The minimum Gasteiger partial charge on any atom is -0.381 e. The standard InChI is InChI=1S/C21H23N7O2.C4H10/c1-22-18-10-17(26-20-15(21(29)23-2)11-25-28(18)20)16-12-27(13-5-8-30-9-6-13)19-14(16)4-3-7-24-19;1-3-4-2/h3-4,7,10-13,22H,5-6,8-9H2,1-2H3,(H,23,29);3-4H2,1-2H3. The van der Waals surface area contributed by atoms with Gasteiger partial charge in [0.05, 0.1) is 11.9 Å². The Labute approximate surface area is 199 Å². The number of unbranched alkanes of at least 4 members (excludes halogenated alkanes) is 1. The number of nitrogens with zero attached hydrogens (tertiary/aromatic N) is 5. The van der Waals surface area contributed by atoms with E-state index in [1.807, 2.05) is 25.4 Å². The molecule has 1 saturated heterocycles. The maximum absolute atomic E-state index is 12.3. The lowest BCUT2D eigenvalue weighted by molar-refractivity contribution is 0.0706. The Hall–Kier alpha value is -3.46. The van der Waals surface area contributed by atoms with Crippen molar-refractivity contribution in [3.63, 3.8) is 0 Å². The van der Waals surface area contributed by atoms with Gasteiger partial charge >= 0.3 is 0 Å². The lowest BCUT2D eigenvalue weighted by Crippen LogP contribution is -2.19. The van der Waals surface area contributed by atoms with Crippen molar-refractivity contribution in [2.75, 3.05) is 32.6 Å². The van der Waals surface area contributed by atoms with Gasteiger partial charge in [-0.1, -0.05) is 26.7 Å². The molecule has 0 spiro atoms. The largest absolute Gasteiger partial charge is 0.381 e. The first kappa shape index (κ1) is 23.7. The quantitative estimate of drug-likeness (QED) is 0.458. The van der Waals surface area contributed by atoms with E-state index in [2.05, 4.69) is 51.4 Å². The number of carbonyl (C=O) groups excluding carboxylic acids is 1. The van der Waals surface area contributed by atoms with E-state index in [0.717, 1.165) is 54.2 Å². The molecule has 0 unspecified atom stereocenters. The van der Waals surface area contributed by atoms with E-state index in [0.29, 0.717) is 17.3 Å². The van der Waals surface area contributed by atoms with Crippen LogP contribution in [0.25, 0.3) is 27.9 Å². The third-order valence-electron chi connectivity index (χ3n) is 6.15. The van der Waals surface area contributed by atoms with E-state index in [-0.39, 0.29) is 5.91 Å². The minimum absolute atomic E-state index is 0.219. The number of rotatable bonds is 5. The maximum atomic E-state index is 12.3. The van der Waals surface area contributed by atoms with Crippen LogP contribution in [0.5, 0.6) is 0 Å². The molecule has 180 valence electrons. The SMILES string of the molecule is CCCC.CNC(=O)c1cnn2c(NC)cc(-c3cn(C4CCOCC4)c4ncccc34)nc12. The maximum Gasteiger partial charge on any atom is 0.256 e. The number of hydrogen-bond donors (Lipinski definition) is 2. The highest BCUT2D eigenvalue weighted by Gasteiger charge is 2.22. The third kappa shape index (κ3) is 4.48. The summed E-state index contributed by atoms with van der Waals surface area (Å²) in [6.07, 6.45) is 10.0. The summed E-state index contributed by atoms with van der Waals surface area (Å²) in [7, 11) is 3.43. The number of pyridine rings is 1. The van der Waals surface area contributed by atoms with Crippen molar-refractivity contribution in [3.8, 4) is 11.3 Å². The number of hydrogen-bond acceptors (Lipinski definition) is 6. The van der Waals surface area contributed by atoms with Gasteiger partial charge in [0, 0.05) is 62.8 Å². The van der Waals surface area contributed by atoms with Gasteiger partial charge in [-0.05, 0) is 25.0 Å². The van der Waals surface area contributed by atoms with Crippen LogP contribution < -0.4 is 10.6 Å². The summed E-state index contributed by atoms with van der Waals surface area (Å²) in [5, 5.41) is 11.2. The molecule has 0 radical (unpaired) electrons. The molecule has 1 fully saturated rings. The average Bonchev–Trinajstić information content (AvgIpc) is 3.50. The van der Waals surface area contributed by atoms with E-state index in [1.54, 1.807) is 17.8 Å². The van der Waals surface area contributed by atoms with Crippen molar-refractivity contribution < 1.29 is 9.53 Å². The van der Waals surface area contributed by atoms with Gasteiger partial charge in [-0.25, -0.2) is 9.97 Å². The fourth-order valence-electron chi connectivity index (χ4n) is 4.10. The van der Waals surface area contributed by atoms with E-state index < -0.39 is 0 Å². The van der Waals surface area contributed by atoms with Crippen molar-refractivity contribution in [2.45, 2.75) is 45.6 Å². The summed E-state index contributed by atoms with van der Waals surface area (Å²) in [4.78, 5) is 21.8. The molecule has 5 rings (SSSR count). The Morgan fingerprint density at radius 3 is 2.62 bits per heavy atom. The zero-order valence-electron chi connectivity index (χ0n) is 20.3. The Kier molecular flexibility index (Phi) is 7.42. The van der Waals surface area contributed by atoms with Crippen molar-refractivity contribution >= 4 is 28.4 Å².